The van der Waals surface area contributed by atoms with E-state index in [4.69, 9.17) is 0 Å². The Morgan fingerprint density at radius 1 is 1.40 bits per heavy atom. The minimum absolute atomic E-state index is 1.17. The standard InChI is InChI=1S/C9H19N/c1-5-9(6-2)7-8-10(3)4/h5H,6-8H2,1-4H3. The van der Waals surface area contributed by atoms with Gasteiger partial charge in [-0.15, -0.1) is 0 Å². The van der Waals surface area contributed by atoms with Gasteiger partial charge < -0.3 is 4.90 Å². The van der Waals surface area contributed by atoms with Crippen molar-refractivity contribution in [1.29, 1.82) is 0 Å². The maximum absolute atomic E-state index is 2.23. The Balaban J connectivity index is 3.46. The molecule has 0 saturated carbocycles. The molecule has 0 aromatic rings. The van der Waals surface area contributed by atoms with Crippen molar-refractivity contribution in [3.8, 4) is 0 Å². The summed E-state index contributed by atoms with van der Waals surface area (Å²) in [6.45, 7) is 5.51. The summed E-state index contributed by atoms with van der Waals surface area (Å²) in [5.41, 5.74) is 1.56. The van der Waals surface area contributed by atoms with E-state index < -0.39 is 0 Å². The van der Waals surface area contributed by atoms with Gasteiger partial charge in [0.25, 0.3) is 0 Å². The molecule has 0 amide bonds. The van der Waals surface area contributed by atoms with Crippen LogP contribution < -0.4 is 0 Å². The van der Waals surface area contributed by atoms with Crippen LogP contribution in [0.25, 0.3) is 0 Å². The van der Waals surface area contributed by atoms with E-state index in [1.54, 1.807) is 5.57 Å². The highest BCUT2D eigenvalue weighted by Gasteiger charge is 1.93. The van der Waals surface area contributed by atoms with Crippen LogP contribution in [-0.2, 0) is 0 Å². The zero-order valence-corrected chi connectivity index (χ0v) is 7.65. The third-order valence-electron chi connectivity index (χ3n) is 1.74. The Morgan fingerprint density at radius 3 is 2.30 bits per heavy atom. The zero-order chi connectivity index (χ0) is 7.98. The van der Waals surface area contributed by atoms with Gasteiger partial charge in [-0.25, -0.2) is 0 Å². The summed E-state index contributed by atoms with van der Waals surface area (Å²) in [5, 5.41) is 0. The van der Waals surface area contributed by atoms with Gasteiger partial charge in [-0.2, -0.15) is 0 Å². The second kappa shape index (κ2) is 5.48. The van der Waals surface area contributed by atoms with Crippen LogP contribution >= 0.6 is 0 Å². The molecule has 0 fully saturated rings. The van der Waals surface area contributed by atoms with Gasteiger partial charge in [-0.1, -0.05) is 18.6 Å². The second-order valence-electron chi connectivity index (χ2n) is 2.85. The predicted octanol–water partition coefficient (Wildman–Crippen LogP) is 2.29. The molecule has 0 spiro atoms. The number of hydrogen-bond acceptors (Lipinski definition) is 1. The molecule has 0 heterocycles. The fourth-order valence-electron chi connectivity index (χ4n) is 0.892. The second-order valence-corrected chi connectivity index (χ2v) is 2.85. The van der Waals surface area contributed by atoms with E-state index in [2.05, 4.69) is 38.9 Å². The van der Waals surface area contributed by atoms with E-state index in [0.717, 1.165) is 0 Å². The summed E-state index contributed by atoms with van der Waals surface area (Å²) >= 11 is 0. The lowest BCUT2D eigenvalue weighted by Gasteiger charge is -2.09. The Labute approximate surface area is 64.7 Å². The minimum atomic E-state index is 1.17. The van der Waals surface area contributed by atoms with Gasteiger partial charge >= 0.3 is 0 Å². The van der Waals surface area contributed by atoms with E-state index in [1.807, 2.05) is 0 Å². The average Bonchev–Trinajstić information content (AvgIpc) is 1.90. The fourth-order valence-corrected chi connectivity index (χ4v) is 0.892. The average molecular weight is 141 g/mol. The van der Waals surface area contributed by atoms with E-state index >= 15 is 0 Å². The van der Waals surface area contributed by atoms with Gasteiger partial charge in [-0.05, 0) is 33.9 Å². The number of hydrogen-bond donors (Lipinski definition) is 0. The summed E-state index contributed by atoms with van der Waals surface area (Å²) in [7, 11) is 4.23. The van der Waals surface area contributed by atoms with Crippen molar-refractivity contribution >= 4 is 0 Å². The van der Waals surface area contributed by atoms with Crippen molar-refractivity contribution in [1.82, 2.24) is 4.90 Å². The smallest absolute Gasteiger partial charge is 0.00125 e. The molecule has 1 heteroatoms. The van der Waals surface area contributed by atoms with Crippen LogP contribution in [0.3, 0.4) is 0 Å². The molecule has 0 N–H and O–H groups in total. The maximum atomic E-state index is 2.23. The van der Waals surface area contributed by atoms with Crippen LogP contribution in [0.5, 0.6) is 0 Å². The lowest BCUT2D eigenvalue weighted by atomic mass is 10.1. The molecule has 1 nitrogen and oxygen atoms in total. The van der Waals surface area contributed by atoms with E-state index in [9.17, 15) is 0 Å². The van der Waals surface area contributed by atoms with Gasteiger partial charge in [0.05, 0.1) is 0 Å². The van der Waals surface area contributed by atoms with Crippen molar-refractivity contribution in [2.75, 3.05) is 20.6 Å². The maximum Gasteiger partial charge on any atom is 0.00125 e. The lowest BCUT2D eigenvalue weighted by Crippen LogP contribution is -2.13. The van der Waals surface area contributed by atoms with Gasteiger partial charge in [0, 0.05) is 6.54 Å². The molecule has 0 unspecified atom stereocenters. The van der Waals surface area contributed by atoms with Crippen molar-refractivity contribution in [3.05, 3.63) is 11.6 Å². The first-order valence-electron chi connectivity index (χ1n) is 3.99. The van der Waals surface area contributed by atoms with Crippen LogP contribution in [0, 0.1) is 0 Å². The van der Waals surface area contributed by atoms with E-state index in [-0.39, 0.29) is 0 Å². The molecule has 0 saturated heterocycles. The first-order chi connectivity index (χ1) is 4.70. The van der Waals surface area contributed by atoms with Gasteiger partial charge in [0.15, 0.2) is 0 Å². The largest absolute Gasteiger partial charge is 0.309 e. The monoisotopic (exact) mass is 141 g/mol. The summed E-state index contributed by atoms with van der Waals surface area (Å²) in [6.07, 6.45) is 4.65. The van der Waals surface area contributed by atoms with Crippen LogP contribution in [0.15, 0.2) is 11.6 Å². The first-order valence-corrected chi connectivity index (χ1v) is 3.99. The topological polar surface area (TPSA) is 3.24 Å². The third kappa shape index (κ3) is 4.57. The summed E-state index contributed by atoms with van der Waals surface area (Å²) in [4.78, 5) is 2.22. The SMILES string of the molecule is CC=C(CC)CCN(C)C. The Kier molecular flexibility index (Phi) is 5.32. The Bertz CT molecular complexity index is 103. The van der Waals surface area contributed by atoms with Gasteiger partial charge in [-0.3, -0.25) is 0 Å². The molecule has 0 rings (SSSR count). The van der Waals surface area contributed by atoms with Crippen molar-refractivity contribution < 1.29 is 0 Å². The minimum Gasteiger partial charge on any atom is -0.309 e. The molecule has 0 aliphatic rings. The molecule has 10 heavy (non-hydrogen) atoms. The molecule has 0 radical (unpaired) electrons. The molecule has 60 valence electrons. The molecule has 0 aliphatic carbocycles. The number of allylic oxidation sites excluding steroid dienone is 1. The zero-order valence-electron chi connectivity index (χ0n) is 7.65. The summed E-state index contributed by atoms with van der Waals surface area (Å²) in [5.74, 6) is 0. The Morgan fingerprint density at radius 2 is 2.00 bits per heavy atom. The summed E-state index contributed by atoms with van der Waals surface area (Å²) in [6, 6.07) is 0. The highest BCUT2D eigenvalue weighted by molar-refractivity contribution is 4.99. The van der Waals surface area contributed by atoms with Crippen LogP contribution in [0.4, 0.5) is 0 Å². The van der Waals surface area contributed by atoms with E-state index in [0.29, 0.717) is 0 Å². The van der Waals surface area contributed by atoms with Crippen LogP contribution in [-0.4, -0.2) is 25.5 Å². The van der Waals surface area contributed by atoms with Crippen LogP contribution in [0.1, 0.15) is 26.7 Å². The fraction of sp³-hybridized carbons (Fsp3) is 0.778. The van der Waals surface area contributed by atoms with Crippen molar-refractivity contribution in [2.45, 2.75) is 26.7 Å². The molecule has 0 atom stereocenters. The van der Waals surface area contributed by atoms with Gasteiger partial charge in [0.1, 0.15) is 0 Å². The normalized spacial score (nSPS) is 12.7. The quantitative estimate of drug-likeness (QED) is 0.543. The highest BCUT2D eigenvalue weighted by atomic mass is 15.0. The van der Waals surface area contributed by atoms with Gasteiger partial charge in [0.2, 0.25) is 0 Å². The number of rotatable bonds is 4. The van der Waals surface area contributed by atoms with Crippen molar-refractivity contribution in [2.24, 2.45) is 0 Å². The predicted molar refractivity (Wildman–Crippen MR) is 47.2 cm³/mol. The first kappa shape index (κ1) is 9.70. The third-order valence-corrected chi connectivity index (χ3v) is 1.74. The molecule has 0 aromatic heterocycles. The highest BCUT2D eigenvalue weighted by Crippen LogP contribution is 2.05. The molecular weight excluding hydrogens is 122 g/mol. The van der Waals surface area contributed by atoms with Crippen molar-refractivity contribution in [3.63, 3.8) is 0 Å². The lowest BCUT2D eigenvalue weighted by molar-refractivity contribution is 0.411. The Hall–Kier alpha value is -0.300. The molecule has 0 aromatic carbocycles. The van der Waals surface area contributed by atoms with E-state index in [1.165, 1.54) is 19.4 Å². The summed E-state index contributed by atoms with van der Waals surface area (Å²) < 4.78 is 0. The van der Waals surface area contributed by atoms with Crippen LogP contribution in [0.2, 0.25) is 0 Å². The molecule has 0 aliphatic heterocycles. The number of nitrogens with zero attached hydrogens (tertiary/aromatic N) is 1. The molecule has 0 bridgehead atoms. The molecular formula is C9H19N.